The molecule has 1 atom stereocenters. The molecule has 0 aliphatic heterocycles. The van der Waals surface area contributed by atoms with E-state index in [-0.39, 0.29) is 10.8 Å². The lowest BCUT2D eigenvalue weighted by Gasteiger charge is -2.31. The third kappa shape index (κ3) is 5.10. The van der Waals surface area contributed by atoms with Gasteiger partial charge in [-0.3, -0.25) is 0 Å². The molecule has 2 aromatic rings. The number of hydrogen-bond donors (Lipinski definition) is 0. The topological polar surface area (TPSA) is 0 Å². The summed E-state index contributed by atoms with van der Waals surface area (Å²) in [6.45, 7) is 14.3. The summed E-state index contributed by atoms with van der Waals surface area (Å²) in [5, 5.41) is 0. The fourth-order valence-electron chi connectivity index (χ4n) is 5.83. The Morgan fingerprint density at radius 2 is 1.35 bits per heavy atom. The third-order valence-corrected chi connectivity index (χ3v) is 7.81. The number of unbranched alkanes of at least 4 members (excludes halogenated alkanes) is 5. The lowest BCUT2D eigenvalue weighted by atomic mass is 9.73. The minimum absolute atomic E-state index is 0.150. The summed E-state index contributed by atoms with van der Waals surface area (Å²) >= 11 is 0. The van der Waals surface area contributed by atoms with Gasteiger partial charge in [-0.1, -0.05) is 129 Å². The van der Waals surface area contributed by atoms with Crippen molar-refractivity contribution < 1.29 is 0 Å². The van der Waals surface area contributed by atoms with Gasteiger partial charge < -0.3 is 0 Å². The Balaban J connectivity index is 1.96. The number of rotatable bonds is 12. The molecule has 170 valence electrons. The van der Waals surface area contributed by atoms with Gasteiger partial charge in [0.1, 0.15) is 0 Å². The van der Waals surface area contributed by atoms with Crippen LogP contribution < -0.4 is 0 Å². The van der Waals surface area contributed by atoms with Gasteiger partial charge in [0.2, 0.25) is 0 Å². The quantitative estimate of drug-likeness (QED) is 0.301. The molecule has 0 nitrogen and oxygen atoms in total. The van der Waals surface area contributed by atoms with Crippen LogP contribution in [0.2, 0.25) is 0 Å². The summed E-state index contributed by atoms with van der Waals surface area (Å²) in [5.41, 5.74) is 9.58. The highest BCUT2D eigenvalue weighted by molar-refractivity contribution is 5.81. The summed E-state index contributed by atoms with van der Waals surface area (Å²) in [6, 6.07) is 14.8. The molecule has 0 saturated carbocycles. The van der Waals surface area contributed by atoms with E-state index in [1.54, 1.807) is 11.1 Å². The predicted octanol–water partition coefficient (Wildman–Crippen LogP) is 9.75. The average Bonchev–Trinajstić information content (AvgIpc) is 2.99. The van der Waals surface area contributed by atoms with Gasteiger partial charge in [-0.25, -0.2) is 0 Å². The zero-order chi connectivity index (χ0) is 22.5. The summed E-state index contributed by atoms with van der Waals surface area (Å²) in [6.07, 6.45) is 14.4. The molecule has 0 fully saturated rings. The van der Waals surface area contributed by atoms with Crippen molar-refractivity contribution in [1.29, 1.82) is 0 Å². The van der Waals surface area contributed by atoms with E-state index in [9.17, 15) is 0 Å². The maximum absolute atomic E-state index is 2.58. The molecular formula is C31H46. The van der Waals surface area contributed by atoms with Crippen LogP contribution in [0.15, 0.2) is 36.4 Å². The molecule has 0 bridgehead atoms. The molecule has 0 radical (unpaired) electrons. The Labute approximate surface area is 192 Å². The van der Waals surface area contributed by atoms with E-state index in [1.165, 1.54) is 92.9 Å². The second-order valence-corrected chi connectivity index (χ2v) is 10.9. The van der Waals surface area contributed by atoms with Crippen molar-refractivity contribution in [1.82, 2.24) is 0 Å². The van der Waals surface area contributed by atoms with Crippen molar-refractivity contribution in [3.8, 4) is 11.1 Å². The number of benzene rings is 2. The Hall–Kier alpha value is -1.56. The fourth-order valence-corrected chi connectivity index (χ4v) is 5.83. The maximum atomic E-state index is 2.58. The van der Waals surface area contributed by atoms with Crippen molar-refractivity contribution in [2.75, 3.05) is 0 Å². The van der Waals surface area contributed by atoms with Gasteiger partial charge in [-0.05, 0) is 58.1 Å². The van der Waals surface area contributed by atoms with Crippen molar-refractivity contribution in [2.45, 2.75) is 123 Å². The van der Waals surface area contributed by atoms with Crippen LogP contribution >= 0.6 is 0 Å². The molecule has 2 aromatic carbocycles. The Morgan fingerprint density at radius 1 is 0.710 bits per heavy atom. The molecule has 0 aromatic heterocycles. The van der Waals surface area contributed by atoms with Crippen molar-refractivity contribution in [2.24, 2.45) is 0 Å². The lowest BCUT2D eigenvalue weighted by Crippen LogP contribution is -2.23. The number of hydrogen-bond acceptors (Lipinski definition) is 0. The average molecular weight is 419 g/mol. The largest absolute Gasteiger partial charge is 0.0654 e. The second-order valence-electron chi connectivity index (χ2n) is 10.9. The molecule has 1 aliphatic carbocycles. The maximum Gasteiger partial charge on any atom is 0.0187 e. The molecule has 31 heavy (non-hydrogen) atoms. The first-order valence-corrected chi connectivity index (χ1v) is 13.2. The van der Waals surface area contributed by atoms with Crippen LogP contribution in [0.5, 0.6) is 0 Å². The minimum atomic E-state index is 0.150. The molecule has 0 heteroatoms. The van der Waals surface area contributed by atoms with Gasteiger partial charge in [-0.15, -0.1) is 0 Å². The fraction of sp³-hybridized carbons (Fsp3) is 0.613. The van der Waals surface area contributed by atoms with Crippen LogP contribution in [0, 0.1) is 0 Å². The number of aryl methyl sites for hydroxylation is 1. The zero-order valence-corrected chi connectivity index (χ0v) is 21.2. The van der Waals surface area contributed by atoms with Crippen LogP contribution in [-0.2, 0) is 17.3 Å². The van der Waals surface area contributed by atoms with Crippen molar-refractivity contribution in [3.05, 3.63) is 58.7 Å². The van der Waals surface area contributed by atoms with Crippen LogP contribution in [0.1, 0.15) is 128 Å². The standard InChI is InChI=1S/C31H46/c1-7-10-11-12-13-14-21-31(6)28-22-24(15-8-2)16-18-26(28)27-19-17-25(23-29(27)31)30(4,5)20-9-3/h16-19,22-23H,7-15,20-21H2,1-6H3. The smallest absolute Gasteiger partial charge is 0.0187 e. The van der Waals surface area contributed by atoms with Crippen LogP contribution in [0.25, 0.3) is 11.1 Å². The van der Waals surface area contributed by atoms with Crippen molar-refractivity contribution in [3.63, 3.8) is 0 Å². The second kappa shape index (κ2) is 10.4. The molecule has 1 aliphatic rings. The normalized spacial score (nSPS) is 17.6. The van der Waals surface area contributed by atoms with Gasteiger partial charge in [-0.2, -0.15) is 0 Å². The van der Waals surface area contributed by atoms with E-state index in [0.717, 1.165) is 0 Å². The van der Waals surface area contributed by atoms with Crippen LogP contribution in [0.4, 0.5) is 0 Å². The molecule has 0 heterocycles. The van der Waals surface area contributed by atoms with Crippen LogP contribution in [0.3, 0.4) is 0 Å². The predicted molar refractivity (Wildman–Crippen MR) is 138 cm³/mol. The molecular weight excluding hydrogens is 372 g/mol. The highest BCUT2D eigenvalue weighted by Gasteiger charge is 2.39. The van der Waals surface area contributed by atoms with Gasteiger partial charge >= 0.3 is 0 Å². The van der Waals surface area contributed by atoms with E-state index in [2.05, 4.69) is 77.9 Å². The Morgan fingerprint density at radius 3 is 2.03 bits per heavy atom. The van der Waals surface area contributed by atoms with E-state index < -0.39 is 0 Å². The molecule has 0 N–H and O–H groups in total. The Bertz CT molecular complexity index is 856. The molecule has 0 saturated heterocycles. The molecule has 3 rings (SSSR count). The summed E-state index contributed by atoms with van der Waals surface area (Å²) in [5.74, 6) is 0. The summed E-state index contributed by atoms with van der Waals surface area (Å²) < 4.78 is 0. The first-order valence-electron chi connectivity index (χ1n) is 13.2. The first kappa shape index (κ1) is 24.1. The van der Waals surface area contributed by atoms with Gasteiger partial charge in [0.15, 0.2) is 0 Å². The first-order chi connectivity index (χ1) is 14.9. The van der Waals surface area contributed by atoms with Crippen molar-refractivity contribution >= 4 is 0 Å². The lowest BCUT2D eigenvalue weighted by molar-refractivity contribution is 0.464. The zero-order valence-electron chi connectivity index (χ0n) is 21.2. The minimum Gasteiger partial charge on any atom is -0.0654 e. The highest BCUT2D eigenvalue weighted by Crippen LogP contribution is 2.52. The molecule has 0 spiro atoms. The monoisotopic (exact) mass is 418 g/mol. The van der Waals surface area contributed by atoms with Gasteiger partial charge in [0.25, 0.3) is 0 Å². The van der Waals surface area contributed by atoms with E-state index in [1.807, 2.05) is 0 Å². The molecule has 1 unspecified atom stereocenters. The molecule has 0 amide bonds. The van der Waals surface area contributed by atoms with E-state index in [0.29, 0.717) is 0 Å². The highest BCUT2D eigenvalue weighted by atomic mass is 14.4. The number of fused-ring (bicyclic) bond motifs is 3. The van der Waals surface area contributed by atoms with Gasteiger partial charge in [0.05, 0.1) is 0 Å². The van der Waals surface area contributed by atoms with E-state index >= 15 is 0 Å². The SMILES string of the molecule is CCCCCCCCC1(C)c2cc(CCC)ccc2-c2ccc(C(C)(C)CCC)cc21. The van der Waals surface area contributed by atoms with Gasteiger partial charge in [0, 0.05) is 5.41 Å². The summed E-state index contributed by atoms with van der Waals surface area (Å²) in [7, 11) is 0. The Kier molecular flexibility index (Phi) is 8.06. The summed E-state index contributed by atoms with van der Waals surface area (Å²) in [4.78, 5) is 0. The van der Waals surface area contributed by atoms with Crippen LogP contribution in [-0.4, -0.2) is 0 Å². The third-order valence-electron chi connectivity index (χ3n) is 7.81. The van der Waals surface area contributed by atoms with E-state index in [4.69, 9.17) is 0 Å².